The van der Waals surface area contributed by atoms with Gasteiger partial charge in [-0.05, 0) is 54.8 Å². The van der Waals surface area contributed by atoms with E-state index >= 15 is 0 Å². The number of rotatable bonds is 8. The second kappa shape index (κ2) is 11.0. The summed E-state index contributed by atoms with van der Waals surface area (Å²) in [5.74, 6) is -0.465. The maximum absolute atomic E-state index is 13.5. The molecule has 1 atom stereocenters. The lowest BCUT2D eigenvalue weighted by atomic mass is 9.99. The quantitative estimate of drug-likeness (QED) is 0.384. The average Bonchev–Trinajstić information content (AvgIpc) is 2.90. The van der Waals surface area contributed by atoms with E-state index in [0.717, 1.165) is 40.8 Å². The van der Waals surface area contributed by atoms with Crippen LogP contribution in [0.1, 0.15) is 53.2 Å². The molecule has 36 heavy (non-hydrogen) atoms. The van der Waals surface area contributed by atoms with Gasteiger partial charge in [0.05, 0.1) is 11.6 Å². The van der Waals surface area contributed by atoms with E-state index in [2.05, 4.69) is 18.4 Å². The Balaban J connectivity index is 1.70. The molecule has 2 amide bonds. The minimum Gasteiger partial charge on any atom is -0.264 e. The summed E-state index contributed by atoms with van der Waals surface area (Å²) in [7, 11) is 0. The summed E-state index contributed by atoms with van der Waals surface area (Å²) < 4.78 is -0.266. The molecule has 1 heterocycles. The molecule has 0 saturated heterocycles. The molecular weight excluding hydrogens is 446 g/mol. The highest BCUT2D eigenvalue weighted by molar-refractivity contribution is 5.95. The number of nitrogens with zero attached hydrogens (tertiary/aromatic N) is 2. The van der Waals surface area contributed by atoms with Crippen molar-refractivity contribution in [1.29, 1.82) is 5.26 Å². The first-order valence-electron chi connectivity index (χ1n) is 12.2. The number of unbranched alkanes of at least 4 members (excludes halogenated alkanes) is 1. The summed E-state index contributed by atoms with van der Waals surface area (Å²) in [5.41, 5.74) is 8.76. The maximum atomic E-state index is 13.5. The normalized spacial score (nSPS) is 16.8. The van der Waals surface area contributed by atoms with Crippen molar-refractivity contribution in [3.8, 4) is 17.2 Å². The number of benzene rings is 3. The first kappa shape index (κ1) is 24.8. The van der Waals surface area contributed by atoms with E-state index in [1.807, 2.05) is 73.7 Å². The molecule has 0 spiro atoms. The van der Waals surface area contributed by atoms with Crippen LogP contribution in [0.25, 0.3) is 11.1 Å². The van der Waals surface area contributed by atoms with Gasteiger partial charge < -0.3 is 0 Å². The molecule has 0 radical (unpaired) electrons. The van der Waals surface area contributed by atoms with Crippen LogP contribution in [-0.2, 0) is 11.3 Å². The van der Waals surface area contributed by atoms with E-state index in [1.54, 1.807) is 18.2 Å². The number of carbonyl (C=O) groups excluding carboxylic acids is 2. The lowest BCUT2D eigenvalue weighted by Gasteiger charge is -2.37. The Labute approximate surface area is 212 Å². The SMILES string of the molecule is CCCCC1=CC=CC(=O)[N+]1(Cc1ccc(-c2ccccc2C#N)cc1)NC(=O)c1cccc(C)c1. The molecule has 3 aromatic rings. The zero-order valence-electron chi connectivity index (χ0n) is 20.7. The van der Waals surface area contributed by atoms with Gasteiger partial charge in [0, 0.05) is 23.6 Å². The Kier molecular flexibility index (Phi) is 7.58. The van der Waals surface area contributed by atoms with Crippen molar-refractivity contribution >= 4 is 11.8 Å². The van der Waals surface area contributed by atoms with Crippen molar-refractivity contribution in [2.45, 2.75) is 39.7 Å². The Morgan fingerprint density at radius 2 is 1.81 bits per heavy atom. The lowest BCUT2D eigenvalue weighted by Crippen LogP contribution is -2.62. The number of hydrogen-bond acceptors (Lipinski definition) is 3. The topological polar surface area (TPSA) is 70.0 Å². The molecule has 180 valence electrons. The van der Waals surface area contributed by atoms with Gasteiger partial charge in [-0.25, -0.2) is 4.79 Å². The molecule has 1 aliphatic rings. The number of nitrogens with one attached hydrogen (secondary N) is 1. The number of carbonyl (C=O) groups is 2. The molecule has 5 nitrogen and oxygen atoms in total. The van der Waals surface area contributed by atoms with Crippen molar-refractivity contribution in [2.24, 2.45) is 0 Å². The second-order valence-corrected chi connectivity index (χ2v) is 9.09. The Morgan fingerprint density at radius 1 is 1.03 bits per heavy atom. The van der Waals surface area contributed by atoms with Crippen LogP contribution < -0.4 is 5.43 Å². The minimum atomic E-state index is -0.288. The van der Waals surface area contributed by atoms with E-state index in [4.69, 9.17) is 0 Å². The largest absolute Gasteiger partial charge is 0.368 e. The molecule has 5 heteroatoms. The van der Waals surface area contributed by atoms with Gasteiger partial charge in [0.25, 0.3) is 5.91 Å². The summed E-state index contributed by atoms with van der Waals surface area (Å²) in [6.07, 6.45) is 7.85. The van der Waals surface area contributed by atoms with Crippen LogP contribution in [0.4, 0.5) is 0 Å². The summed E-state index contributed by atoms with van der Waals surface area (Å²) >= 11 is 0. The molecule has 0 aliphatic carbocycles. The van der Waals surface area contributed by atoms with Crippen LogP contribution in [0, 0.1) is 18.3 Å². The number of nitriles is 1. The molecular formula is C31H30N3O2+. The molecule has 0 bridgehead atoms. The van der Waals surface area contributed by atoms with E-state index in [0.29, 0.717) is 17.5 Å². The molecule has 1 N–H and O–H groups in total. The van der Waals surface area contributed by atoms with Crippen molar-refractivity contribution in [1.82, 2.24) is 5.43 Å². The zero-order valence-corrected chi connectivity index (χ0v) is 20.7. The molecule has 0 fully saturated rings. The molecule has 1 aliphatic heterocycles. The third-order valence-electron chi connectivity index (χ3n) is 6.49. The first-order chi connectivity index (χ1) is 17.5. The molecule has 4 rings (SSSR count). The highest BCUT2D eigenvalue weighted by atomic mass is 16.2. The van der Waals surface area contributed by atoms with Crippen molar-refractivity contribution in [3.63, 3.8) is 0 Å². The van der Waals surface area contributed by atoms with Gasteiger partial charge in [-0.3, -0.25) is 4.79 Å². The third kappa shape index (κ3) is 5.19. The third-order valence-corrected chi connectivity index (χ3v) is 6.49. The summed E-state index contributed by atoms with van der Waals surface area (Å²) in [6, 6.07) is 25.0. The summed E-state index contributed by atoms with van der Waals surface area (Å²) in [5, 5.41) is 9.47. The smallest absolute Gasteiger partial charge is 0.264 e. The standard InChI is InChI=1S/C31H29N3O2/c1-3-4-12-28-13-8-15-30(35)34(28,33-31(36)26-11-7-9-23(2)20-26)22-24-16-18-25(19-17-24)29-14-6-5-10-27(29)21-32/h5-11,13-20H,3-4,12,22H2,1-2H3/p+1. The van der Waals surface area contributed by atoms with Crippen molar-refractivity contribution in [2.75, 3.05) is 0 Å². The molecule has 0 aromatic heterocycles. The van der Waals surface area contributed by atoms with Crippen molar-refractivity contribution in [3.05, 3.63) is 119 Å². The van der Waals surface area contributed by atoms with Gasteiger partial charge in [0.2, 0.25) is 0 Å². The van der Waals surface area contributed by atoms with Crippen LogP contribution >= 0.6 is 0 Å². The fourth-order valence-electron chi connectivity index (χ4n) is 4.54. The monoisotopic (exact) mass is 476 g/mol. The van der Waals surface area contributed by atoms with Crippen molar-refractivity contribution < 1.29 is 14.2 Å². The first-order valence-corrected chi connectivity index (χ1v) is 12.2. The van der Waals surface area contributed by atoms with Gasteiger partial charge in [0.1, 0.15) is 12.2 Å². The number of quaternary nitrogens is 1. The zero-order chi connectivity index (χ0) is 25.5. The predicted octanol–water partition coefficient (Wildman–Crippen LogP) is 6.37. The van der Waals surface area contributed by atoms with Gasteiger partial charge in [0.15, 0.2) is 0 Å². The Hall–Kier alpha value is -4.27. The van der Waals surface area contributed by atoms with Crippen LogP contribution in [0.3, 0.4) is 0 Å². The molecule has 1 unspecified atom stereocenters. The van der Waals surface area contributed by atoms with Gasteiger partial charge >= 0.3 is 5.91 Å². The number of allylic oxidation sites excluding steroid dienone is 3. The fourth-order valence-corrected chi connectivity index (χ4v) is 4.54. The highest BCUT2D eigenvalue weighted by Gasteiger charge is 2.43. The van der Waals surface area contributed by atoms with E-state index in [-0.39, 0.29) is 23.0 Å². The molecule has 0 saturated carbocycles. The minimum absolute atomic E-state index is 0.177. The lowest BCUT2D eigenvalue weighted by molar-refractivity contribution is -0.865. The van der Waals surface area contributed by atoms with Crippen LogP contribution in [0.2, 0.25) is 0 Å². The van der Waals surface area contributed by atoms with Gasteiger partial charge in [-0.1, -0.05) is 73.5 Å². The van der Waals surface area contributed by atoms with E-state index in [9.17, 15) is 14.9 Å². The van der Waals surface area contributed by atoms with Gasteiger partial charge in [-0.2, -0.15) is 10.7 Å². The van der Waals surface area contributed by atoms with Gasteiger partial charge in [-0.15, -0.1) is 4.59 Å². The Bertz CT molecular complexity index is 1380. The Morgan fingerprint density at radius 3 is 2.53 bits per heavy atom. The summed E-state index contributed by atoms with van der Waals surface area (Å²) in [4.78, 5) is 26.9. The molecule has 3 aromatic carbocycles. The van der Waals surface area contributed by atoms with Crippen LogP contribution in [-0.4, -0.2) is 16.4 Å². The maximum Gasteiger partial charge on any atom is 0.368 e. The van der Waals surface area contributed by atoms with E-state index < -0.39 is 0 Å². The highest BCUT2D eigenvalue weighted by Crippen LogP contribution is 2.30. The van der Waals surface area contributed by atoms with Crippen LogP contribution in [0.5, 0.6) is 0 Å². The predicted molar refractivity (Wildman–Crippen MR) is 141 cm³/mol. The summed E-state index contributed by atoms with van der Waals surface area (Å²) in [6.45, 7) is 4.34. The number of amides is 2. The average molecular weight is 477 g/mol. The van der Waals surface area contributed by atoms with E-state index in [1.165, 1.54) is 6.08 Å². The van der Waals surface area contributed by atoms with Crippen LogP contribution in [0.15, 0.2) is 96.7 Å². The number of aryl methyl sites for hydroxylation is 1. The number of hydrogen-bond donors (Lipinski definition) is 1. The second-order valence-electron chi connectivity index (χ2n) is 9.09. The fraction of sp³-hybridized carbons (Fsp3) is 0.194.